The zero-order chi connectivity index (χ0) is 17.1. The summed E-state index contributed by atoms with van der Waals surface area (Å²) >= 11 is 0. The van der Waals surface area contributed by atoms with Crippen LogP contribution in [0.15, 0.2) is 24.3 Å². The summed E-state index contributed by atoms with van der Waals surface area (Å²) in [7, 11) is 0. The normalized spacial score (nSPS) is 58.0. The molecule has 0 bridgehead atoms. The van der Waals surface area contributed by atoms with Gasteiger partial charge in [-0.05, 0) is 55.1 Å². The standard InChI is InChI=1S/C20H23FO3/c1-10-8-11-12(4-6-18(2)13(11)9-14(21)16(18)23)19(3)7-5-15(22)17-20(10,19)24-17/h5,7,11-14,17H,1,4,6,8-9H2,2-3H3/t11-,12-,13+,14?,17?,18+,19-,20?/m1/s1. The number of Topliss-reactive ketones (excluding diaryl/α,β-unsaturated/α-hetero) is 1. The number of ether oxygens (including phenoxy) is 1. The first-order valence-corrected chi connectivity index (χ1v) is 9.03. The molecule has 4 aliphatic carbocycles. The fourth-order valence-electron chi connectivity index (χ4n) is 6.84. The molecule has 0 amide bonds. The average Bonchev–Trinajstić information content (AvgIpc) is 3.26. The van der Waals surface area contributed by atoms with E-state index in [2.05, 4.69) is 13.5 Å². The number of carbonyl (C=O) groups is 2. The summed E-state index contributed by atoms with van der Waals surface area (Å²) in [5.41, 5.74) is -0.386. The van der Waals surface area contributed by atoms with Crippen LogP contribution < -0.4 is 0 Å². The summed E-state index contributed by atoms with van der Waals surface area (Å²) in [6.45, 7) is 8.40. The summed E-state index contributed by atoms with van der Waals surface area (Å²) in [5.74, 6) is 0.477. The van der Waals surface area contributed by atoms with Crippen molar-refractivity contribution in [2.45, 2.75) is 57.4 Å². The first-order valence-electron chi connectivity index (χ1n) is 9.03. The van der Waals surface area contributed by atoms with Gasteiger partial charge in [-0.2, -0.15) is 0 Å². The number of hydrogen-bond donors (Lipinski definition) is 0. The molecule has 1 heterocycles. The van der Waals surface area contributed by atoms with Gasteiger partial charge >= 0.3 is 0 Å². The Bertz CT molecular complexity index is 726. The van der Waals surface area contributed by atoms with Crippen LogP contribution in [0.1, 0.15) is 39.5 Å². The predicted octanol–water partition coefficient (Wildman–Crippen LogP) is 3.19. The monoisotopic (exact) mass is 330 g/mol. The van der Waals surface area contributed by atoms with Crippen LogP contribution in [-0.4, -0.2) is 29.4 Å². The molecular formula is C20H23FO3. The smallest absolute Gasteiger partial charge is 0.187 e. The molecular weight excluding hydrogens is 307 g/mol. The number of fused-ring (bicyclic) bond motifs is 4. The molecule has 0 aromatic rings. The SMILES string of the molecule is C=C1C[C@@H]2[C@@H](CC[C@]3(C)C(=O)C(F)C[C@@H]23)[C@@]2(C)C=CC(=O)C3OC132. The molecule has 4 fully saturated rings. The van der Waals surface area contributed by atoms with Crippen LogP contribution in [0.2, 0.25) is 0 Å². The first kappa shape index (κ1) is 15.0. The molecule has 5 rings (SSSR count). The lowest BCUT2D eigenvalue weighted by Crippen LogP contribution is -2.57. The highest BCUT2D eigenvalue weighted by atomic mass is 19.1. The van der Waals surface area contributed by atoms with Gasteiger partial charge in [0.1, 0.15) is 5.60 Å². The maximum atomic E-state index is 14.2. The second kappa shape index (κ2) is 4.09. The van der Waals surface area contributed by atoms with Gasteiger partial charge in [0.25, 0.3) is 0 Å². The van der Waals surface area contributed by atoms with Crippen LogP contribution in [0.4, 0.5) is 4.39 Å². The van der Waals surface area contributed by atoms with Gasteiger partial charge < -0.3 is 4.74 Å². The summed E-state index contributed by atoms with van der Waals surface area (Å²) in [6.07, 6.45) is 4.71. The lowest BCUT2D eigenvalue weighted by atomic mass is 9.45. The average molecular weight is 330 g/mol. The van der Waals surface area contributed by atoms with Crippen molar-refractivity contribution in [2.24, 2.45) is 28.6 Å². The number of epoxide rings is 1. The number of alkyl halides is 1. The van der Waals surface area contributed by atoms with Gasteiger partial charge in [-0.3, -0.25) is 9.59 Å². The molecule has 0 N–H and O–H groups in total. The largest absolute Gasteiger partial charge is 0.352 e. The topological polar surface area (TPSA) is 46.7 Å². The number of hydrogen-bond acceptors (Lipinski definition) is 3. The van der Waals surface area contributed by atoms with E-state index in [1.807, 2.05) is 13.0 Å². The highest BCUT2D eigenvalue weighted by molar-refractivity contribution is 5.99. The molecule has 24 heavy (non-hydrogen) atoms. The molecule has 1 aliphatic heterocycles. The van der Waals surface area contributed by atoms with Crippen molar-refractivity contribution in [1.82, 2.24) is 0 Å². The maximum Gasteiger partial charge on any atom is 0.187 e. The molecule has 1 spiro atoms. The molecule has 0 aromatic carbocycles. The Balaban J connectivity index is 1.60. The molecule has 1 saturated heterocycles. The highest BCUT2D eigenvalue weighted by Crippen LogP contribution is 2.71. The molecule has 3 nitrogen and oxygen atoms in total. The lowest BCUT2D eigenvalue weighted by molar-refractivity contribution is -0.135. The third-order valence-corrected chi connectivity index (χ3v) is 8.18. The van der Waals surface area contributed by atoms with Crippen LogP contribution in [0.5, 0.6) is 0 Å². The third kappa shape index (κ3) is 1.37. The zero-order valence-electron chi connectivity index (χ0n) is 14.2. The van der Waals surface area contributed by atoms with Crippen LogP contribution in [0.25, 0.3) is 0 Å². The van der Waals surface area contributed by atoms with Crippen LogP contribution in [0, 0.1) is 28.6 Å². The van der Waals surface area contributed by atoms with E-state index in [0.717, 1.165) is 24.8 Å². The first-order chi connectivity index (χ1) is 11.3. The van der Waals surface area contributed by atoms with Gasteiger partial charge in [0.2, 0.25) is 0 Å². The molecule has 3 saturated carbocycles. The van der Waals surface area contributed by atoms with Gasteiger partial charge in [0.15, 0.2) is 23.8 Å². The van der Waals surface area contributed by atoms with Gasteiger partial charge in [0, 0.05) is 10.8 Å². The van der Waals surface area contributed by atoms with Crippen LogP contribution in [-0.2, 0) is 14.3 Å². The third-order valence-electron chi connectivity index (χ3n) is 8.18. The van der Waals surface area contributed by atoms with Gasteiger partial charge in [-0.25, -0.2) is 4.39 Å². The minimum Gasteiger partial charge on any atom is -0.352 e. The van der Waals surface area contributed by atoms with Crippen molar-refractivity contribution in [1.29, 1.82) is 0 Å². The molecule has 128 valence electrons. The minimum atomic E-state index is -1.32. The Morgan fingerprint density at radius 3 is 2.79 bits per heavy atom. The Kier molecular flexibility index (Phi) is 2.56. The Morgan fingerprint density at radius 1 is 1.29 bits per heavy atom. The Morgan fingerprint density at radius 2 is 2.04 bits per heavy atom. The van der Waals surface area contributed by atoms with Crippen molar-refractivity contribution >= 4 is 11.6 Å². The van der Waals surface area contributed by atoms with E-state index in [1.165, 1.54) is 0 Å². The van der Waals surface area contributed by atoms with Gasteiger partial charge in [-0.1, -0.05) is 26.5 Å². The Hall–Kier alpha value is -1.29. The lowest BCUT2D eigenvalue weighted by Gasteiger charge is -2.57. The zero-order valence-corrected chi connectivity index (χ0v) is 14.2. The van der Waals surface area contributed by atoms with Crippen molar-refractivity contribution in [3.8, 4) is 0 Å². The van der Waals surface area contributed by atoms with E-state index in [-0.39, 0.29) is 34.9 Å². The number of ketones is 2. The van der Waals surface area contributed by atoms with Crippen molar-refractivity contribution in [3.05, 3.63) is 24.3 Å². The summed E-state index contributed by atoms with van der Waals surface area (Å²) in [4.78, 5) is 24.5. The molecule has 5 aliphatic rings. The number of rotatable bonds is 0. The Labute approximate surface area is 141 Å². The fraction of sp³-hybridized carbons (Fsp3) is 0.700. The van der Waals surface area contributed by atoms with Crippen LogP contribution in [0.3, 0.4) is 0 Å². The summed E-state index contributed by atoms with van der Waals surface area (Å²) in [6, 6.07) is 0. The van der Waals surface area contributed by atoms with Crippen molar-refractivity contribution in [3.63, 3.8) is 0 Å². The van der Waals surface area contributed by atoms with Gasteiger partial charge in [-0.15, -0.1) is 0 Å². The van der Waals surface area contributed by atoms with Gasteiger partial charge in [0.05, 0.1) is 0 Å². The summed E-state index contributed by atoms with van der Waals surface area (Å²) in [5, 5.41) is 0. The van der Waals surface area contributed by atoms with Crippen molar-refractivity contribution in [2.75, 3.05) is 0 Å². The summed E-state index contributed by atoms with van der Waals surface area (Å²) < 4.78 is 20.2. The van der Waals surface area contributed by atoms with E-state index in [0.29, 0.717) is 12.3 Å². The second-order valence-electron chi connectivity index (χ2n) is 8.96. The molecule has 8 atom stereocenters. The predicted molar refractivity (Wildman–Crippen MR) is 85.9 cm³/mol. The van der Waals surface area contributed by atoms with Crippen LogP contribution >= 0.6 is 0 Å². The highest BCUT2D eigenvalue weighted by Gasteiger charge is 2.77. The fourth-order valence-corrected chi connectivity index (χ4v) is 6.84. The molecule has 0 aromatic heterocycles. The molecule has 3 unspecified atom stereocenters. The van der Waals surface area contributed by atoms with E-state index < -0.39 is 17.2 Å². The number of halogens is 1. The maximum absolute atomic E-state index is 14.2. The van der Waals surface area contributed by atoms with E-state index >= 15 is 0 Å². The number of carbonyl (C=O) groups excluding carboxylic acids is 2. The molecule has 4 heteroatoms. The van der Waals surface area contributed by atoms with E-state index in [9.17, 15) is 14.0 Å². The second-order valence-corrected chi connectivity index (χ2v) is 8.96. The van der Waals surface area contributed by atoms with Crippen molar-refractivity contribution < 1.29 is 18.7 Å². The van der Waals surface area contributed by atoms with E-state index in [4.69, 9.17) is 4.74 Å². The van der Waals surface area contributed by atoms with E-state index in [1.54, 1.807) is 6.08 Å². The molecule has 0 radical (unpaired) electrons. The quantitative estimate of drug-likeness (QED) is 0.506. The minimum absolute atomic E-state index is 0.0348.